The number of aromatic nitrogens is 1. The first-order valence-corrected chi connectivity index (χ1v) is 4.66. The van der Waals surface area contributed by atoms with Crippen LogP contribution in [0.15, 0.2) is 23.2 Å². The second-order valence-electron chi connectivity index (χ2n) is 2.99. The zero-order valence-corrected chi connectivity index (χ0v) is 8.66. The van der Waals surface area contributed by atoms with Gasteiger partial charge in [0.15, 0.2) is 6.61 Å². The summed E-state index contributed by atoms with van der Waals surface area (Å²) in [7, 11) is 0. The average Bonchev–Trinajstić information content (AvgIpc) is 2.62. The number of nitrogens with zero attached hydrogens (tertiary/aromatic N) is 1. The van der Waals surface area contributed by atoms with E-state index in [1.807, 2.05) is 0 Å². The van der Waals surface area contributed by atoms with Crippen molar-refractivity contribution >= 4 is 5.91 Å². The highest BCUT2D eigenvalue weighted by Gasteiger charge is 2.04. The highest BCUT2D eigenvalue weighted by molar-refractivity contribution is 5.77. The lowest BCUT2D eigenvalue weighted by Crippen LogP contribution is -2.29. The Morgan fingerprint density at radius 2 is 2.60 bits per heavy atom. The molecule has 1 aromatic rings. The van der Waals surface area contributed by atoms with E-state index in [0.29, 0.717) is 18.2 Å². The molecule has 5 nitrogen and oxygen atoms in total. The molecule has 1 heterocycles. The number of hydrogen-bond donors (Lipinski definition) is 1. The third-order valence-corrected chi connectivity index (χ3v) is 1.63. The number of carbonyl (C=O) groups excluding carboxylic acids is 1. The van der Waals surface area contributed by atoms with Gasteiger partial charge < -0.3 is 14.6 Å². The maximum absolute atomic E-state index is 11.2. The van der Waals surface area contributed by atoms with Crippen molar-refractivity contribution in [3.63, 3.8) is 0 Å². The van der Waals surface area contributed by atoms with Gasteiger partial charge in [0.1, 0.15) is 5.76 Å². The number of rotatable bonds is 6. The van der Waals surface area contributed by atoms with Crippen molar-refractivity contribution in [3.8, 4) is 5.88 Å². The number of aryl methyl sites for hydroxylation is 1. The van der Waals surface area contributed by atoms with E-state index < -0.39 is 0 Å². The maximum Gasteiger partial charge on any atom is 0.258 e. The molecule has 0 saturated carbocycles. The summed E-state index contributed by atoms with van der Waals surface area (Å²) < 4.78 is 9.85. The second kappa shape index (κ2) is 5.85. The van der Waals surface area contributed by atoms with Gasteiger partial charge in [0.2, 0.25) is 0 Å². The van der Waals surface area contributed by atoms with Crippen LogP contribution in [0.25, 0.3) is 0 Å². The van der Waals surface area contributed by atoms with Gasteiger partial charge in [-0.2, -0.15) is 0 Å². The fraction of sp³-hybridized carbons (Fsp3) is 0.400. The summed E-state index contributed by atoms with van der Waals surface area (Å²) in [6.45, 7) is 5.82. The SMILES string of the molecule is C=CCCNC(=O)COc1cc(C)on1. The topological polar surface area (TPSA) is 64.4 Å². The van der Waals surface area contributed by atoms with Crippen LogP contribution >= 0.6 is 0 Å². The first-order valence-electron chi connectivity index (χ1n) is 4.66. The fourth-order valence-electron chi connectivity index (χ4n) is 0.916. The Labute approximate surface area is 88.1 Å². The minimum absolute atomic E-state index is 0.0525. The normalized spacial score (nSPS) is 9.67. The van der Waals surface area contributed by atoms with Crippen molar-refractivity contribution in [1.29, 1.82) is 0 Å². The zero-order chi connectivity index (χ0) is 11.1. The molecule has 1 rings (SSSR count). The Kier molecular flexibility index (Phi) is 4.40. The fourth-order valence-corrected chi connectivity index (χ4v) is 0.916. The molecule has 0 aliphatic carbocycles. The van der Waals surface area contributed by atoms with E-state index in [4.69, 9.17) is 9.26 Å². The van der Waals surface area contributed by atoms with E-state index in [1.165, 1.54) is 0 Å². The summed E-state index contributed by atoms with van der Waals surface area (Å²) in [5.74, 6) is 0.793. The van der Waals surface area contributed by atoms with Gasteiger partial charge in [-0.1, -0.05) is 6.08 Å². The number of nitrogens with one attached hydrogen (secondary N) is 1. The van der Waals surface area contributed by atoms with Crippen LogP contribution in [0.5, 0.6) is 5.88 Å². The summed E-state index contributed by atoms with van der Waals surface area (Å²) in [6, 6.07) is 1.62. The molecule has 5 heteroatoms. The molecule has 82 valence electrons. The smallest absolute Gasteiger partial charge is 0.258 e. The monoisotopic (exact) mass is 210 g/mol. The molecule has 0 unspecified atom stereocenters. The molecule has 0 bridgehead atoms. The second-order valence-corrected chi connectivity index (χ2v) is 2.99. The molecule has 0 saturated heterocycles. The quantitative estimate of drug-likeness (QED) is 0.563. The average molecular weight is 210 g/mol. The van der Waals surface area contributed by atoms with Crippen molar-refractivity contribution in [2.75, 3.05) is 13.2 Å². The molecular weight excluding hydrogens is 196 g/mol. The lowest BCUT2D eigenvalue weighted by molar-refractivity contribution is -0.123. The van der Waals surface area contributed by atoms with E-state index in [0.717, 1.165) is 6.42 Å². The Morgan fingerprint density at radius 3 is 3.20 bits per heavy atom. The highest BCUT2D eigenvalue weighted by atomic mass is 16.5. The van der Waals surface area contributed by atoms with Gasteiger partial charge >= 0.3 is 0 Å². The summed E-state index contributed by atoms with van der Waals surface area (Å²) in [4.78, 5) is 11.2. The third-order valence-electron chi connectivity index (χ3n) is 1.63. The van der Waals surface area contributed by atoms with Crippen molar-refractivity contribution in [3.05, 3.63) is 24.5 Å². The van der Waals surface area contributed by atoms with Gasteiger partial charge in [-0.25, -0.2) is 0 Å². The van der Waals surface area contributed by atoms with Crippen LogP contribution in [-0.2, 0) is 4.79 Å². The van der Waals surface area contributed by atoms with E-state index in [1.54, 1.807) is 19.1 Å². The third kappa shape index (κ3) is 4.30. The van der Waals surface area contributed by atoms with Crippen LogP contribution in [0.3, 0.4) is 0 Å². The van der Waals surface area contributed by atoms with Crippen LogP contribution in [-0.4, -0.2) is 24.2 Å². The lowest BCUT2D eigenvalue weighted by atomic mass is 10.4. The number of ether oxygens (including phenoxy) is 1. The zero-order valence-electron chi connectivity index (χ0n) is 8.66. The maximum atomic E-state index is 11.2. The van der Waals surface area contributed by atoms with Gasteiger partial charge in [0, 0.05) is 12.6 Å². The number of hydrogen-bond acceptors (Lipinski definition) is 4. The molecule has 0 aliphatic heterocycles. The van der Waals surface area contributed by atoms with Gasteiger partial charge in [-0.15, -0.1) is 6.58 Å². The van der Waals surface area contributed by atoms with Crippen molar-refractivity contribution < 1.29 is 14.1 Å². The summed E-state index contributed by atoms with van der Waals surface area (Å²) in [5.41, 5.74) is 0. The molecule has 15 heavy (non-hydrogen) atoms. The van der Waals surface area contributed by atoms with Crippen LogP contribution < -0.4 is 10.1 Å². The largest absolute Gasteiger partial charge is 0.465 e. The van der Waals surface area contributed by atoms with Gasteiger partial charge in [0.05, 0.1) is 0 Å². The number of carbonyl (C=O) groups is 1. The Balaban J connectivity index is 2.19. The Morgan fingerprint density at radius 1 is 1.80 bits per heavy atom. The summed E-state index contributed by atoms with van der Waals surface area (Å²) >= 11 is 0. The van der Waals surface area contributed by atoms with E-state index in [9.17, 15) is 4.79 Å². The van der Waals surface area contributed by atoms with E-state index in [2.05, 4.69) is 17.1 Å². The van der Waals surface area contributed by atoms with Gasteiger partial charge in [0.25, 0.3) is 11.8 Å². The van der Waals surface area contributed by atoms with Crippen LogP contribution in [0.2, 0.25) is 0 Å². The predicted molar refractivity (Wildman–Crippen MR) is 54.6 cm³/mol. The minimum Gasteiger partial charge on any atom is -0.465 e. The van der Waals surface area contributed by atoms with E-state index in [-0.39, 0.29) is 12.5 Å². The molecule has 0 spiro atoms. The van der Waals surface area contributed by atoms with Crippen LogP contribution in [0.1, 0.15) is 12.2 Å². The first-order chi connectivity index (χ1) is 7.22. The lowest BCUT2D eigenvalue weighted by Gasteiger charge is -2.03. The predicted octanol–water partition coefficient (Wildman–Crippen LogP) is 1.05. The minimum atomic E-state index is -0.183. The van der Waals surface area contributed by atoms with E-state index >= 15 is 0 Å². The Hall–Kier alpha value is -1.78. The Bertz CT molecular complexity index is 333. The summed E-state index contributed by atoms with van der Waals surface area (Å²) in [6.07, 6.45) is 2.48. The summed E-state index contributed by atoms with van der Waals surface area (Å²) in [5, 5.41) is 6.26. The molecular formula is C10H14N2O3. The molecule has 1 amide bonds. The van der Waals surface area contributed by atoms with Gasteiger partial charge in [-0.05, 0) is 18.5 Å². The standard InChI is InChI=1S/C10H14N2O3/c1-3-4-5-11-9(13)7-14-10-6-8(2)15-12-10/h3,6H,1,4-5,7H2,2H3,(H,11,13). The van der Waals surface area contributed by atoms with Crippen LogP contribution in [0.4, 0.5) is 0 Å². The highest BCUT2D eigenvalue weighted by Crippen LogP contribution is 2.08. The molecule has 0 radical (unpaired) electrons. The van der Waals surface area contributed by atoms with Gasteiger partial charge in [-0.3, -0.25) is 4.79 Å². The first kappa shape index (κ1) is 11.3. The number of amides is 1. The molecule has 0 aromatic carbocycles. The molecule has 1 aromatic heterocycles. The van der Waals surface area contributed by atoms with Crippen molar-refractivity contribution in [1.82, 2.24) is 10.5 Å². The molecule has 1 N–H and O–H groups in total. The molecule has 0 fully saturated rings. The molecule has 0 atom stereocenters. The molecule has 0 aliphatic rings. The van der Waals surface area contributed by atoms with Crippen LogP contribution in [0, 0.1) is 6.92 Å². The van der Waals surface area contributed by atoms with Crippen molar-refractivity contribution in [2.45, 2.75) is 13.3 Å². The van der Waals surface area contributed by atoms with Crippen molar-refractivity contribution in [2.24, 2.45) is 0 Å².